The zero-order valence-electron chi connectivity index (χ0n) is 10.9. The molecule has 0 atom stereocenters. The van der Waals surface area contributed by atoms with E-state index in [2.05, 4.69) is 4.74 Å². The highest BCUT2D eigenvalue weighted by molar-refractivity contribution is 5.81. The quantitative estimate of drug-likeness (QED) is 0.578. The Bertz CT molecular complexity index is 384. The van der Waals surface area contributed by atoms with E-state index in [1.54, 1.807) is 0 Å². The van der Waals surface area contributed by atoms with Crippen molar-refractivity contribution in [3.8, 4) is 0 Å². The number of hydrogen-bond donors (Lipinski definition) is 0. The molecule has 122 valence electrons. The molecule has 0 aliphatic carbocycles. The molecule has 0 aromatic carbocycles. The first kappa shape index (κ1) is 17.6. The lowest BCUT2D eigenvalue weighted by Crippen LogP contribution is -2.51. The first-order valence-electron chi connectivity index (χ1n) is 5.98. The van der Waals surface area contributed by atoms with Crippen LogP contribution in [-0.2, 0) is 14.3 Å². The summed E-state index contributed by atoms with van der Waals surface area (Å²) in [6.07, 6.45) is -11.5. The van der Waals surface area contributed by atoms with Gasteiger partial charge in [0.2, 0.25) is 11.8 Å². The molecule has 1 amide bonds. The molecule has 0 aromatic heterocycles. The van der Waals surface area contributed by atoms with Crippen molar-refractivity contribution < 1.29 is 40.7 Å². The fourth-order valence-corrected chi connectivity index (χ4v) is 2.15. The van der Waals surface area contributed by atoms with Crippen LogP contribution in [0.1, 0.15) is 12.8 Å². The summed E-state index contributed by atoms with van der Waals surface area (Å²) in [5, 5.41) is 0. The lowest BCUT2D eigenvalue weighted by atomic mass is 9.95. The summed E-state index contributed by atoms with van der Waals surface area (Å²) >= 11 is 0. The number of esters is 1. The van der Waals surface area contributed by atoms with Gasteiger partial charge >= 0.3 is 18.3 Å². The van der Waals surface area contributed by atoms with Gasteiger partial charge in [-0.25, -0.2) is 0 Å². The van der Waals surface area contributed by atoms with E-state index in [4.69, 9.17) is 0 Å². The van der Waals surface area contributed by atoms with Gasteiger partial charge in [0.15, 0.2) is 0 Å². The van der Waals surface area contributed by atoms with Gasteiger partial charge in [0.05, 0.1) is 13.0 Å². The van der Waals surface area contributed by atoms with Gasteiger partial charge in [0.25, 0.3) is 0 Å². The molecule has 0 aromatic rings. The van der Waals surface area contributed by atoms with E-state index in [1.807, 2.05) is 0 Å². The molecular formula is C11H13F6NO3. The third-order valence-electron chi connectivity index (χ3n) is 3.24. The van der Waals surface area contributed by atoms with Crippen LogP contribution < -0.4 is 0 Å². The fourth-order valence-electron chi connectivity index (χ4n) is 2.15. The Labute approximate surface area is 116 Å². The summed E-state index contributed by atoms with van der Waals surface area (Å²) in [6, 6.07) is 0. The number of ether oxygens (including phenoxy) is 1. The van der Waals surface area contributed by atoms with Gasteiger partial charge in [-0.1, -0.05) is 0 Å². The summed E-state index contributed by atoms with van der Waals surface area (Å²) in [5.74, 6) is -7.27. The topological polar surface area (TPSA) is 46.6 Å². The molecule has 1 aliphatic heterocycles. The van der Waals surface area contributed by atoms with Crippen molar-refractivity contribution in [3.05, 3.63) is 0 Å². The highest BCUT2D eigenvalue weighted by atomic mass is 19.4. The second-order valence-electron chi connectivity index (χ2n) is 4.64. The molecule has 0 radical (unpaired) electrons. The minimum Gasteiger partial charge on any atom is -0.469 e. The number of likely N-dealkylation sites (tertiary alicyclic amines) is 1. The van der Waals surface area contributed by atoms with Crippen LogP contribution in [0.4, 0.5) is 26.3 Å². The molecule has 0 N–H and O–H groups in total. The van der Waals surface area contributed by atoms with E-state index in [-0.39, 0.29) is 25.9 Å². The first-order chi connectivity index (χ1) is 9.48. The molecule has 1 fully saturated rings. The Hall–Kier alpha value is -1.48. The second-order valence-corrected chi connectivity index (χ2v) is 4.64. The van der Waals surface area contributed by atoms with Crippen LogP contribution in [0.5, 0.6) is 0 Å². The molecule has 0 spiro atoms. The SMILES string of the molecule is COC(=O)C1CCN(C(=O)C(C(F)(F)F)C(F)(F)F)CC1. The minimum atomic E-state index is -5.70. The van der Waals surface area contributed by atoms with Crippen molar-refractivity contribution in [2.75, 3.05) is 20.2 Å². The third kappa shape index (κ3) is 4.24. The van der Waals surface area contributed by atoms with Crippen LogP contribution in [0, 0.1) is 11.8 Å². The Balaban J connectivity index is 2.78. The van der Waals surface area contributed by atoms with Gasteiger partial charge in [-0.3, -0.25) is 9.59 Å². The number of nitrogens with zero attached hydrogens (tertiary/aromatic N) is 1. The van der Waals surface area contributed by atoms with Crippen LogP contribution in [-0.4, -0.2) is 49.3 Å². The standard InChI is InChI=1S/C11H13F6NO3/c1-21-9(20)6-2-4-18(5-3-6)8(19)7(10(12,13)14)11(15,16)17/h6-7H,2-5H2,1H3. The second kappa shape index (κ2) is 6.10. The summed E-state index contributed by atoms with van der Waals surface area (Å²) in [7, 11) is 1.13. The molecular weight excluding hydrogens is 308 g/mol. The number of methoxy groups -OCH3 is 1. The van der Waals surface area contributed by atoms with Crippen molar-refractivity contribution >= 4 is 11.9 Å². The third-order valence-corrected chi connectivity index (χ3v) is 3.24. The van der Waals surface area contributed by atoms with Crippen LogP contribution in [0.2, 0.25) is 0 Å². The number of rotatable bonds is 2. The lowest BCUT2D eigenvalue weighted by molar-refractivity contribution is -0.278. The lowest BCUT2D eigenvalue weighted by Gasteiger charge is -2.34. The maximum Gasteiger partial charge on any atom is 0.409 e. The normalized spacial score (nSPS) is 18.0. The van der Waals surface area contributed by atoms with Crippen LogP contribution in [0.15, 0.2) is 0 Å². The average Bonchev–Trinajstić information content (AvgIpc) is 2.34. The summed E-state index contributed by atoms with van der Waals surface area (Å²) in [4.78, 5) is 23.2. The number of amides is 1. The van der Waals surface area contributed by atoms with E-state index < -0.39 is 36.1 Å². The summed E-state index contributed by atoms with van der Waals surface area (Å²) in [5.41, 5.74) is 0. The predicted octanol–water partition coefficient (Wildman–Crippen LogP) is 2.14. The van der Waals surface area contributed by atoms with Crippen molar-refractivity contribution in [2.24, 2.45) is 11.8 Å². The van der Waals surface area contributed by atoms with E-state index in [1.165, 1.54) is 0 Å². The average molecular weight is 321 g/mol. The van der Waals surface area contributed by atoms with Gasteiger partial charge in [0.1, 0.15) is 0 Å². The van der Waals surface area contributed by atoms with Crippen LogP contribution in [0.25, 0.3) is 0 Å². The van der Waals surface area contributed by atoms with Crippen molar-refractivity contribution in [2.45, 2.75) is 25.2 Å². The first-order valence-corrected chi connectivity index (χ1v) is 5.98. The Morgan fingerprint density at radius 2 is 1.48 bits per heavy atom. The van der Waals surface area contributed by atoms with Gasteiger partial charge in [-0.05, 0) is 12.8 Å². The number of alkyl halides is 6. The maximum atomic E-state index is 12.4. The highest BCUT2D eigenvalue weighted by Crippen LogP contribution is 2.40. The Kier molecular flexibility index (Phi) is 5.11. The maximum absolute atomic E-state index is 12.4. The fraction of sp³-hybridized carbons (Fsp3) is 0.818. The Morgan fingerprint density at radius 1 is 1.05 bits per heavy atom. The van der Waals surface area contributed by atoms with Gasteiger partial charge in [-0.15, -0.1) is 0 Å². The molecule has 0 saturated carbocycles. The molecule has 21 heavy (non-hydrogen) atoms. The number of halogens is 6. The predicted molar refractivity (Wildman–Crippen MR) is 56.9 cm³/mol. The number of carbonyl (C=O) groups excluding carboxylic acids is 2. The molecule has 1 rings (SSSR count). The molecule has 4 nitrogen and oxygen atoms in total. The number of hydrogen-bond acceptors (Lipinski definition) is 3. The van der Waals surface area contributed by atoms with E-state index in [0.717, 1.165) is 7.11 Å². The van der Waals surface area contributed by atoms with Gasteiger partial charge in [0, 0.05) is 13.1 Å². The van der Waals surface area contributed by atoms with E-state index in [0.29, 0.717) is 4.90 Å². The van der Waals surface area contributed by atoms with Crippen molar-refractivity contribution in [1.82, 2.24) is 4.90 Å². The number of piperidine rings is 1. The molecule has 0 bridgehead atoms. The van der Waals surface area contributed by atoms with E-state index in [9.17, 15) is 35.9 Å². The van der Waals surface area contributed by atoms with Gasteiger partial charge < -0.3 is 9.64 Å². The summed E-state index contributed by atoms with van der Waals surface area (Å²) < 4.78 is 79.1. The smallest absolute Gasteiger partial charge is 0.409 e. The molecule has 1 aliphatic rings. The van der Waals surface area contributed by atoms with Crippen molar-refractivity contribution in [3.63, 3.8) is 0 Å². The highest BCUT2D eigenvalue weighted by Gasteiger charge is 2.62. The molecule has 1 heterocycles. The zero-order chi connectivity index (χ0) is 16.4. The van der Waals surface area contributed by atoms with Gasteiger partial charge in [-0.2, -0.15) is 26.3 Å². The number of carbonyl (C=O) groups is 2. The molecule has 10 heteroatoms. The molecule has 1 saturated heterocycles. The van der Waals surface area contributed by atoms with Crippen molar-refractivity contribution in [1.29, 1.82) is 0 Å². The summed E-state index contributed by atoms with van der Waals surface area (Å²) in [6.45, 7) is -0.692. The Morgan fingerprint density at radius 3 is 1.81 bits per heavy atom. The largest absolute Gasteiger partial charge is 0.469 e. The minimum absolute atomic E-state index is 0.0269. The zero-order valence-corrected chi connectivity index (χ0v) is 10.9. The van der Waals surface area contributed by atoms with Crippen LogP contribution in [0.3, 0.4) is 0 Å². The van der Waals surface area contributed by atoms with Crippen LogP contribution >= 0.6 is 0 Å². The monoisotopic (exact) mass is 321 g/mol. The molecule has 0 unspecified atom stereocenters. The van der Waals surface area contributed by atoms with E-state index >= 15 is 0 Å².